The van der Waals surface area contributed by atoms with Crippen molar-refractivity contribution in [2.75, 3.05) is 32.7 Å². The summed E-state index contributed by atoms with van der Waals surface area (Å²) in [5.74, 6) is 1.40. The van der Waals surface area contributed by atoms with Crippen molar-refractivity contribution in [2.45, 2.75) is 24.5 Å². The summed E-state index contributed by atoms with van der Waals surface area (Å²) in [4.78, 5) is 10.4. The molecule has 1 aromatic rings. The number of anilines is 1. The predicted molar refractivity (Wildman–Crippen MR) is 74.0 cm³/mol. The highest BCUT2D eigenvalue weighted by atomic mass is 16.6. The number of ether oxygens (including phenoxy) is 1. The topological polar surface area (TPSA) is 115 Å². The van der Waals surface area contributed by atoms with Crippen molar-refractivity contribution in [1.82, 2.24) is 14.5 Å². The molecule has 9 heteroatoms. The molecular weight excluding hydrogens is 278 g/mol. The van der Waals surface area contributed by atoms with Crippen molar-refractivity contribution in [3.8, 4) is 0 Å². The zero-order valence-electron chi connectivity index (χ0n) is 11.8. The van der Waals surface area contributed by atoms with Gasteiger partial charge in [0, 0.05) is 14.1 Å². The van der Waals surface area contributed by atoms with E-state index in [9.17, 15) is 10.2 Å². The van der Waals surface area contributed by atoms with E-state index >= 15 is 0 Å². The molecule has 116 valence electrons. The van der Waals surface area contributed by atoms with Crippen molar-refractivity contribution in [2.24, 2.45) is 4.99 Å². The third kappa shape index (κ3) is 2.09. The molecule has 1 fully saturated rings. The van der Waals surface area contributed by atoms with E-state index in [1.807, 2.05) is 11.9 Å². The van der Waals surface area contributed by atoms with E-state index in [1.165, 1.54) is 6.33 Å². The number of nitrogens with one attached hydrogen (secondary N) is 1. The zero-order chi connectivity index (χ0) is 15.1. The van der Waals surface area contributed by atoms with Crippen molar-refractivity contribution in [3.63, 3.8) is 0 Å². The first-order valence-electron chi connectivity index (χ1n) is 6.70. The summed E-state index contributed by atoms with van der Waals surface area (Å²) >= 11 is 0. The highest BCUT2D eigenvalue weighted by Gasteiger charge is 2.44. The third-order valence-corrected chi connectivity index (χ3v) is 3.85. The summed E-state index contributed by atoms with van der Waals surface area (Å²) in [6, 6.07) is 0. The maximum Gasteiger partial charge on any atom is 0.165 e. The standard InChI is InChI=1S/C12H19N5O4/c1-13-10-7-11(15-4-16(10)2)17(5-14-7)12-9(20)8(19)6(3-18)21-12/h5-6,8-9,12,15,18-20H,3-4H2,1-2H3/t6-,8-,9?,12-/m1/s1. The van der Waals surface area contributed by atoms with Crippen LogP contribution in [0.1, 0.15) is 11.9 Å². The van der Waals surface area contributed by atoms with Gasteiger partial charge in [-0.3, -0.25) is 9.56 Å². The molecule has 1 unspecified atom stereocenters. The maximum absolute atomic E-state index is 10.1. The van der Waals surface area contributed by atoms with Crippen LogP contribution in [-0.2, 0) is 4.74 Å². The number of fused-ring (bicyclic) bond motifs is 1. The molecule has 0 saturated carbocycles. The molecule has 0 amide bonds. The SMILES string of the molecule is CN=C1c2ncn([C@@H]3O[C@H](CO)[C@@H](O)C3O)c2NCN1C. The summed E-state index contributed by atoms with van der Waals surface area (Å²) in [5.41, 5.74) is 0.656. The summed E-state index contributed by atoms with van der Waals surface area (Å²) < 4.78 is 7.14. The maximum atomic E-state index is 10.1. The second-order valence-corrected chi connectivity index (χ2v) is 5.16. The first-order chi connectivity index (χ1) is 10.1. The Morgan fingerprint density at radius 1 is 1.48 bits per heavy atom. The molecule has 4 N–H and O–H groups in total. The molecule has 0 radical (unpaired) electrons. The van der Waals surface area contributed by atoms with E-state index in [-0.39, 0.29) is 6.61 Å². The van der Waals surface area contributed by atoms with Crippen LogP contribution in [0.25, 0.3) is 0 Å². The average Bonchev–Trinajstić information content (AvgIpc) is 3.02. The molecule has 0 aromatic carbocycles. The highest BCUT2D eigenvalue weighted by molar-refractivity contribution is 6.02. The van der Waals surface area contributed by atoms with Gasteiger partial charge in [0.1, 0.15) is 29.8 Å². The van der Waals surface area contributed by atoms with Crippen LogP contribution in [0.3, 0.4) is 0 Å². The molecule has 0 bridgehead atoms. The highest BCUT2D eigenvalue weighted by Crippen LogP contribution is 2.33. The van der Waals surface area contributed by atoms with E-state index in [1.54, 1.807) is 11.6 Å². The van der Waals surface area contributed by atoms with Gasteiger partial charge in [-0.05, 0) is 0 Å². The average molecular weight is 297 g/mol. The molecule has 1 saturated heterocycles. The lowest BCUT2D eigenvalue weighted by atomic mass is 10.1. The summed E-state index contributed by atoms with van der Waals surface area (Å²) in [6.45, 7) is 0.184. The monoisotopic (exact) mass is 297 g/mol. The quantitative estimate of drug-likeness (QED) is 0.508. The third-order valence-electron chi connectivity index (χ3n) is 3.85. The summed E-state index contributed by atoms with van der Waals surface area (Å²) in [7, 11) is 3.58. The molecule has 0 spiro atoms. The summed E-state index contributed by atoms with van der Waals surface area (Å²) in [6.07, 6.45) is -2.36. The Morgan fingerprint density at radius 2 is 2.24 bits per heavy atom. The number of aliphatic imine (C=N–C) groups is 1. The number of imidazole rings is 1. The number of aromatic nitrogens is 2. The number of rotatable bonds is 2. The van der Waals surface area contributed by atoms with Gasteiger partial charge < -0.3 is 30.3 Å². The Labute approximate surface area is 121 Å². The van der Waals surface area contributed by atoms with Crippen molar-refractivity contribution in [3.05, 3.63) is 12.0 Å². The lowest BCUT2D eigenvalue weighted by Gasteiger charge is -2.28. The fraction of sp³-hybridized carbons (Fsp3) is 0.667. The Bertz CT molecular complexity index is 560. The van der Waals surface area contributed by atoms with E-state index in [4.69, 9.17) is 9.84 Å². The first-order valence-corrected chi connectivity index (χ1v) is 6.70. The van der Waals surface area contributed by atoms with Crippen LogP contribution >= 0.6 is 0 Å². The number of aliphatic hydroxyl groups is 3. The van der Waals surface area contributed by atoms with E-state index < -0.39 is 24.5 Å². The minimum absolute atomic E-state index is 0.358. The molecule has 3 rings (SSSR count). The molecule has 0 aliphatic carbocycles. The van der Waals surface area contributed by atoms with Gasteiger partial charge in [0.25, 0.3) is 0 Å². The summed E-state index contributed by atoms with van der Waals surface area (Å²) in [5, 5.41) is 32.3. The van der Waals surface area contributed by atoms with E-state index in [0.717, 1.165) is 5.84 Å². The van der Waals surface area contributed by atoms with Crippen LogP contribution in [0.4, 0.5) is 5.82 Å². The zero-order valence-corrected chi connectivity index (χ0v) is 11.8. The Kier molecular flexibility index (Phi) is 3.57. The Balaban J connectivity index is 1.96. The predicted octanol–water partition coefficient (Wildman–Crippen LogP) is -1.81. The number of amidine groups is 1. The molecular formula is C12H19N5O4. The number of hydrogen-bond donors (Lipinski definition) is 4. The second kappa shape index (κ2) is 5.26. The minimum atomic E-state index is -1.14. The molecule has 4 atom stereocenters. The van der Waals surface area contributed by atoms with Gasteiger partial charge >= 0.3 is 0 Å². The minimum Gasteiger partial charge on any atom is -0.394 e. The van der Waals surface area contributed by atoms with Crippen LogP contribution in [0.5, 0.6) is 0 Å². The van der Waals surface area contributed by atoms with Crippen LogP contribution in [0, 0.1) is 0 Å². The Hall–Kier alpha value is -1.68. The van der Waals surface area contributed by atoms with Crippen LogP contribution in [0.15, 0.2) is 11.3 Å². The van der Waals surface area contributed by atoms with Gasteiger partial charge in [0.15, 0.2) is 12.1 Å². The van der Waals surface area contributed by atoms with Crippen LogP contribution < -0.4 is 5.32 Å². The van der Waals surface area contributed by atoms with E-state index in [2.05, 4.69) is 15.3 Å². The van der Waals surface area contributed by atoms with Crippen molar-refractivity contribution >= 4 is 11.7 Å². The molecule has 2 aliphatic rings. The second-order valence-electron chi connectivity index (χ2n) is 5.16. The lowest BCUT2D eigenvalue weighted by Crippen LogP contribution is -2.39. The smallest absolute Gasteiger partial charge is 0.165 e. The fourth-order valence-corrected chi connectivity index (χ4v) is 2.73. The number of hydrogen-bond acceptors (Lipinski definition) is 7. The fourth-order valence-electron chi connectivity index (χ4n) is 2.73. The van der Waals surface area contributed by atoms with Gasteiger partial charge in [-0.2, -0.15) is 0 Å². The molecule has 21 heavy (non-hydrogen) atoms. The van der Waals surface area contributed by atoms with Gasteiger partial charge in [-0.25, -0.2) is 4.98 Å². The van der Waals surface area contributed by atoms with Crippen molar-refractivity contribution in [1.29, 1.82) is 0 Å². The number of nitrogens with zero attached hydrogens (tertiary/aromatic N) is 4. The van der Waals surface area contributed by atoms with Crippen LogP contribution in [0.2, 0.25) is 0 Å². The molecule has 1 aromatic heterocycles. The lowest BCUT2D eigenvalue weighted by molar-refractivity contribution is -0.0519. The normalized spacial score (nSPS) is 34.1. The van der Waals surface area contributed by atoms with Crippen molar-refractivity contribution < 1.29 is 20.1 Å². The molecule has 9 nitrogen and oxygen atoms in total. The van der Waals surface area contributed by atoms with Gasteiger partial charge in [0.05, 0.1) is 19.6 Å². The largest absolute Gasteiger partial charge is 0.394 e. The van der Waals surface area contributed by atoms with Crippen LogP contribution in [-0.4, -0.2) is 81.3 Å². The van der Waals surface area contributed by atoms with Gasteiger partial charge in [-0.15, -0.1) is 0 Å². The van der Waals surface area contributed by atoms with Gasteiger partial charge in [-0.1, -0.05) is 0 Å². The van der Waals surface area contributed by atoms with E-state index in [0.29, 0.717) is 18.2 Å². The van der Waals surface area contributed by atoms with Gasteiger partial charge in [0.2, 0.25) is 0 Å². The molecule has 2 aliphatic heterocycles. The number of aliphatic hydroxyl groups excluding tert-OH is 3. The Morgan fingerprint density at radius 3 is 2.86 bits per heavy atom. The first kappa shape index (κ1) is 14.3. The molecule has 3 heterocycles.